The Morgan fingerprint density at radius 1 is 0.955 bits per heavy atom. The summed E-state index contributed by atoms with van der Waals surface area (Å²) in [4.78, 5) is 11.6. The molecule has 0 aromatic heterocycles. The van der Waals surface area contributed by atoms with E-state index in [4.69, 9.17) is 16.3 Å². The largest absolute Gasteiger partial charge is 0.457 e. The molecule has 0 N–H and O–H groups in total. The Balaban J connectivity index is 2.02. The van der Waals surface area contributed by atoms with Crippen molar-refractivity contribution in [3.63, 3.8) is 0 Å². The highest BCUT2D eigenvalue weighted by Crippen LogP contribution is 2.54. The lowest BCUT2D eigenvalue weighted by Crippen LogP contribution is -2.18. The standard InChI is InChI=1S/C19H15ClO2/c1-11(21)22-19-15-9-5-3-7-13(15)16-10-17(20)18(19)14-8-4-2-6-12(14)16/h2-10,16,18-19H,1H3/t16-,18-,19+/m1/s1. The summed E-state index contributed by atoms with van der Waals surface area (Å²) in [6.07, 6.45) is 1.72. The van der Waals surface area contributed by atoms with Crippen molar-refractivity contribution in [3.8, 4) is 0 Å². The van der Waals surface area contributed by atoms with Gasteiger partial charge in [-0.15, -0.1) is 0 Å². The van der Waals surface area contributed by atoms with Gasteiger partial charge in [-0.25, -0.2) is 0 Å². The Labute approximate surface area is 134 Å². The highest BCUT2D eigenvalue weighted by molar-refractivity contribution is 6.30. The van der Waals surface area contributed by atoms with Crippen LogP contribution >= 0.6 is 11.6 Å². The second-order valence-electron chi connectivity index (χ2n) is 5.79. The van der Waals surface area contributed by atoms with Crippen molar-refractivity contribution in [1.82, 2.24) is 0 Å². The van der Waals surface area contributed by atoms with E-state index in [1.54, 1.807) is 0 Å². The van der Waals surface area contributed by atoms with E-state index in [-0.39, 0.29) is 23.9 Å². The Hall–Kier alpha value is -2.06. The van der Waals surface area contributed by atoms with Gasteiger partial charge in [0.05, 0.1) is 5.92 Å². The maximum Gasteiger partial charge on any atom is 0.303 e. The molecule has 0 heterocycles. The van der Waals surface area contributed by atoms with E-state index in [1.807, 2.05) is 30.3 Å². The van der Waals surface area contributed by atoms with Gasteiger partial charge in [0.1, 0.15) is 6.10 Å². The number of allylic oxidation sites excluding steroid dienone is 1. The third kappa shape index (κ3) is 1.91. The zero-order valence-electron chi connectivity index (χ0n) is 12.1. The number of benzene rings is 2. The van der Waals surface area contributed by atoms with Crippen molar-refractivity contribution in [2.75, 3.05) is 0 Å². The fraction of sp³-hybridized carbons (Fsp3) is 0.211. The number of halogens is 1. The van der Waals surface area contributed by atoms with Gasteiger partial charge in [0.2, 0.25) is 0 Å². The average Bonchev–Trinajstić information content (AvgIpc) is 2.70. The molecular weight excluding hydrogens is 296 g/mol. The van der Waals surface area contributed by atoms with E-state index in [2.05, 4.69) is 24.3 Å². The van der Waals surface area contributed by atoms with E-state index in [9.17, 15) is 4.79 Å². The molecule has 0 aliphatic heterocycles. The Morgan fingerprint density at radius 3 is 2.14 bits per heavy atom. The third-order valence-corrected chi connectivity index (χ3v) is 4.88. The lowest BCUT2D eigenvalue weighted by atomic mass is 9.81. The van der Waals surface area contributed by atoms with E-state index >= 15 is 0 Å². The topological polar surface area (TPSA) is 26.3 Å². The fourth-order valence-corrected chi connectivity index (χ4v) is 4.04. The fourth-order valence-electron chi connectivity index (χ4n) is 3.69. The molecule has 0 spiro atoms. The molecule has 2 bridgehead atoms. The summed E-state index contributed by atoms with van der Waals surface area (Å²) in [5.41, 5.74) is 4.62. The van der Waals surface area contributed by atoms with Crippen molar-refractivity contribution in [2.45, 2.75) is 24.9 Å². The summed E-state index contributed by atoms with van der Waals surface area (Å²) < 4.78 is 5.69. The van der Waals surface area contributed by atoms with Gasteiger partial charge >= 0.3 is 5.97 Å². The first-order valence-corrected chi connectivity index (χ1v) is 7.76. The Morgan fingerprint density at radius 2 is 1.50 bits per heavy atom. The normalized spacial score (nSPS) is 24.8. The lowest BCUT2D eigenvalue weighted by Gasteiger charge is -2.29. The SMILES string of the molecule is CC(=O)O[C@H]1c2ccccc2[C@@H]2C=C(Cl)[C@H]1c1ccccc12. The van der Waals surface area contributed by atoms with Crippen LogP contribution < -0.4 is 0 Å². The van der Waals surface area contributed by atoms with E-state index in [0.717, 1.165) is 16.2 Å². The minimum Gasteiger partial charge on any atom is -0.457 e. The Bertz CT molecular complexity index is 794. The van der Waals surface area contributed by atoms with Crippen LogP contribution in [0, 0.1) is 0 Å². The summed E-state index contributed by atoms with van der Waals surface area (Å²) in [5, 5.41) is 0.756. The van der Waals surface area contributed by atoms with Crippen LogP contribution in [-0.2, 0) is 9.53 Å². The van der Waals surface area contributed by atoms with Gasteiger partial charge in [-0.1, -0.05) is 66.2 Å². The molecule has 0 amide bonds. The van der Waals surface area contributed by atoms with Gasteiger partial charge < -0.3 is 4.74 Å². The van der Waals surface area contributed by atoms with Crippen LogP contribution in [0.15, 0.2) is 59.6 Å². The molecule has 2 aromatic rings. The molecule has 110 valence electrons. The second-order valence-corrected chi connectivity index (χ2v) is 6.23. The molecule has 3 heteroatoms. The molecule has 0 fully saturated rings. The van der Waals surface area contributed by atoms with Crippen LogP contribution in [0.25, 0.3) is 0 Å². The van der Waals surface area contributed by atoms with Crippen LogP contribution in [0.3, 0.4) is 0 Å². The molecule has 0 radical (unpaired) electrons. The minimum atomic E-state index is -0.369. The van der Waals surface area contributed by atoms with Crippen molar-refractivity contribution >= 4 is 17.6 Å². The predicted molar refractivity (Wildman–Crippen MR) is 85.9 cm³/mol. The van der Waals surface area contributed by atoms with Crippen LogP contribution in [-0.4, -0.2) is 5.97 Å². The summed E-state index contributed by atoms with van der Waals surface area (Å²) in [6, 6.07) is 16.4. The zero-order chi connectivity index (χ0) is 15.3. The summed E-state index contributed by atoms with van der Waals surface area (Å²) in [5.74, 6) is -0.287. The van der Waals surface area contributed by atoms with E-state index in [1.165, 1.54) is 18.1 Å². The maximum atomic E-state index is 11.6. The number of hydrogen-bond donors (Lipinski definition) is 0. The number of rotatable bonds is 1. The third-order valence-electron chi connectivity index (χ3n) is 4.52. The molecule has 0 unspecified atom stereocenters. The number of carbonyl (C=O) groups is 1. The van der Waals surface area contributed by atoms with Crippen LogP contribution in [0.5, 0.6) is 0 Å². The first-order valence-electron chi connectivity index (χ1n) is 7.39. The monoisotopic (exact) mass is 310 g/mol. The lowest BCUT2D eigenvalue weighted by molar-refractivity contribution is -0.147. The maximum absolute atomic E-state index is 11.6. The molecule has 3 aliphatic carbocycles. The van der Waals surface area contributed by atoms with Crippen molar-refractivity contribution < 1.29 is 9.53 Å². The van der Waals surface area contributed by atoms with Crippen molar-refractivity contribution in [2.24, 2.45) is 0 Å². The molecule has 5 rings (SSSR count). The zero-order valence-corrected chi connectivity index (χ0v) is 12.9. The molecule has 3 atom stereocenters. The van der Waals surface area contributed by atoms with E-state index < -0.39 is 0 Å². The summed E-state index contributed by atoms with van der Waals surface area (Å²) >= 11 is 6.58. The number of hydrogen-bond acceptors (Lipinski definition) is 2. The van der Waals surface area contributed by atoms with Gasteiger partial charge in [0, 0.05) is 17.9 Å². The number of carbonyl (C=O) groups excluding carboxylic acids is 1. The average molecular weight is 311 g/mol. The van der Waals surface area contributed by atoms with Gasteiger partial charge in [-0.05, 0) is 22.3 Å². The summed E-state index contributed by atoms with van der Waals surface area (Å²) in [6.45, 7) is 1.45. The molecule has 2 aromatic carbocycles. The smallest absolute Gasteiger partial charge is 0.303 e. The van der Waals surface area contributed by atoms with Gasteiger partial charge in [-0.3, -0.25) is 4.79 Å². The van der Waals surface area contributed by atoms with Crippen molar-refractivity contribution in [1.29, 1.82) is 0 Å². The van der Waals surface area contributed by atoms with Crippen LogP contribution in [0.4, 0.5) is 0 Å². The van der Waals surface area contributed by atoms with E-state index in [0.29, 0.717) is 0 Å². The molecule has 22 heavy (non-hydrogen) atoms. The molecule has 0 saturated carbocycles. The molecule has 3 aliphatic rings. The van der Waals surface area contributed by atoms with Gasteiger partial charge in [0.15, 0.2) is 0 Å². The first-order chi connectivity index (χ1) is 10.7. The Kier molecular flexibility index (Phi) is 3.08. The molecule has 2 nitrogen and oxygen atoms in total. The van der Waals surface area contributed by atoms with Gasteiger partial charge in [-0.2, -0.15) is 0 Å². The number of ether oxygens (including phenoxy) is 1. The minimum absolute atomic E-state index is 0.122. The summed E-state index contributed by atoms with van der Waals surface area (Å²) in [7, 11) is 0. The molecular formula is C19H15ClO2. The predicted octanol–water partition coefficient (Wildman–Crippen LogP) is 4.66. The number of esters is 1. The van der Waals surface area contributed by atoms with Crippen LogP contribution in [0.2, 0.25) is 0 Å². The quantitative estimate of drug-likeness (QED) is 0.716. The highest BCUT2D eigenvalue weighted by atomic mass is 35.5. The van der Waals surface area contributed by atoms with Gasteiger partial charge in [0.25, 0.3) is 0 Å². The second kappa shape index (κ2) is 4.99. The highest BCUT2D eigenvalue weighted by Gasteiger charge is 2.41. The van der Waals surface area contributed by atoms with Crippen LogP contribution in [0.1, 0.15) is 47.1 Å². The van der Waals surface area contributed by atoms with Crippen molar-refractivity contribution in [3.05, 3.63) is 81.9 Å². The molecule has 0 saturated heterocycles. The first kappa shape index (κ1) is 13.6.